The quantitative estimate of drug-likeness (QED) is 0.238. The summed E-state index contributed by atoms with van der Waals surface area (Å²) in [6.07, 6.45) is 7.46. The molecule has 2 atom stereocenters. The molecular weight excluding hydrogens is 492 g/mol. The monoisotopic (exact) mass is 542 g/mol. The Kier molecular flexibility index (Phi) is 9.64. The van der Waals surface area contributed by atoms with Gasteiger partial charge in [-0.15, -0.1) is 0 Å². The first-order chi connectivity index (χ1) is 18.6. The van der Waals surface area contributed by atoms with E-state index in [1.807, 2.05) is 31.7 Å². The maximum atomic E-state index is 13.5. The van der Waals surface area contributed by atoms with Gasteiger partial charge in [0.05, 0.1) is 18.6 Å². The minimum atomic E-state index is -0.549. The third-order valence-electron chi connectivity index (χ3n) is 8.89. The Bertz CT molecular complexity index is 947. The van der Waals surface area contributed by atoms with Crippen molar-refractivity contribution in [2.45, 2.75) is 96.6 Å². The van der Waals surface area contributed by atoms with Crippen LogP contribution < -0.4 is 0 Å². The standard InChI is InChI=1S/C32H50N2O5/c1-6-7-20-38-28(35)32(14-11-15-32)23-33-18-16-31(17-19-33,24-37-5)22-34(29(36)39-30(2,3)4)27-21-26(27)25-12-9-8-10-13-25/h8-10,12-13,26-27H,6-7,11,14-24H2,1-5H3/t26?,27-/m1/s1. The molecule has 3 aliphatic rings. The molecule has 1 unspecified atom stereocenters. The van der Waals surface area contributed by atoms with E-state index in [4.69, 9.17) is 14.2 Å². The predicted molar refractivity (Wildman–Crippen MR) is 153 cm³/mol. The van der Waals surface area contributed by atoms with Crippen LogP contribution in [0.5, 0.6) is 0 Å². The first kappa shape index (κ1) is 29.9. The van der Waals surface area contributed by atoms with Gasteiger partial charge in [-0.05, 0) is 77.9 Å². The number of ether oxygens (including phenoxy) is 3. The number of carbonyl (C=O) groups is 2. The minimum Gasteiger partial charge on any atom is -0.465 e. The highest BCUT2D eigenvalue weighted by Crippen LogP contribution is 2.48. The van der Waals surface area contributed by atoms with Crippen molar-refractivity contribution in [3.63, 3.8) is 0 Å². The van der Waals surface area contributed by atoms with Gasteiger partial charge in [0.25, 0.3) is 0 Å². The van der Waals surface area contributed by atoms with Crippen molar-refractivity contribution in [1.82, 2.24) is 9.80 Å². The summed E-state index contributed by atoms with van der Waals surface area (Å²) < 4.78 is 17.3. The predicted octanol–water partition coefficient (Wildman–Crippen LogP) is 6.02. The molecule has 3 fully saturated rings. The highest BCUT2D eigenvalue weighted by molar-refractivity contribution is 5.78. The first-order valence-corrected chi connectivity index (χ1v) is 15.0. The maximum absolute atomic E-state index is 13.5. The molecule has 1 amide bonds. The molecule has 4 rings (SSSR count). The molecule has 2 saturated carbocycles. The number of unbranched alkanes of at least 4 members (excludes halogenated alkanes) is 1. The number of likely N-dealkylation sites (tertiary alicyclic amines) is 1. The fourth-order valence-electron chi connectivity index (χ4n) is 6.34. The van der Waals surface area contributed by atoms with Crippen LogP contribution in [0.1, 0.15) is 90.5 Å². The van der Waals surface area contributed by atoms with Crippen LogP contribution in [-0.2, 0) is 19.0 Å². The Morgan fingerprint density at radius 3 is 2.33 bits per heavy atom. The van der Waals surface area contributed by atoms with Gasteiger partial charge in [-0.1, -0.05) is 50.1 Å². The van der Waals surface area contributed by atoms with E-state index in [2.05, 4.69) is 36.1 Å². The molecule has 1 saturated heterocycles. The van der Waals surface area contributed by atoms with E-state index in [1.165, 1.54) is 5.56 Å². The van der Waals surface area contributed by atoms with Gasteiger partial charge in [0.15, 0.2) is 0 Å². The molecule has 1 aromatic carbocycles. The number of carbonyl (C=O) groups excluding carboxylic acids is 2. The molecule has 1 aliphatic heterocycles. The number of esters is 1. The Balaban J connectivity index is 1.42. The van der Waals surface area contributed by atoms with Crippen LogP contribution in [0.4, 0.5) is 4.79 Å². The van der Waals surface area contributed by atoms with E-state index in [-0.39, 0.29) is 28.9 Å². The molecule has 218 valence electrons. The highest BCUT2D eigenvalue weighted by Gasteiger charge is 2.51. The largest absolute Gasteiger partial charge is 0.465 e. The zero-order chi connectivity index (χ0) is 28.1. The van der Waals surface area contributed by atoms with Gasteiger partial charge in [0.1, 0.15) is 5.60 Å². The highest BCUT2D eigenvalue weighted by atomic mass is 16.6. The average Bonchev–Trinajstić information content (AvgIpc) is 3.66. The smallest absolute Gasteiger partial charge is 0.410 e. The second-order valence-corrected chi connectivity index (χ2v) is 13.3. The molecule has 2 aliphatic carbocycles. The summed E-state index contributed by atoms with van der Waals surface area (Å²) in [4.78, 5) is 30.9. The van der Waals surface area contributed by atoms with Crippen molar-refractivity contribution in [2.24, 2.45) is 10.8 Å². The second-order valence-electron chi connectivity index (χ2n) is 13.3. The Labute approximate surface area is 235 Å². The topological polar surface area (TPSA) is 68.3 Å². The summed E-state index contributed by atoms with van der Waals surface area (Å²) in [5, 5.41) is 0. The molecule has 0 aromatic heterocycles. The van der Waals surface area contributed by atoms with Gasteiger partial charge in [-0.3, -0.25) is 4.79 Å². The van der Waals surface area contributed by atoms with E-state index in [9.17, 15) is 9.59 Å². The lowest BCUT2D eigenvalue weighted by Gasteiger charge is -2.48. The average molecular weight is 543 g/mol. The lowest BCUT2D eigenvalue weighted by atomic mass is 9.67. The number of methoxy groups -OCH3 is 1. The lowest BCUT2D eigenvalue weighted by Crippen LogP contribution is -2.55. The molecule has 1 heterocycles. The summed E-state index contributed by atoms with van der Waals surface area (Å²) in [5.74, 6) is 0.336. The maximum Gasteiger partial charge on any atom is 0.410 e. The van der Waals surface area contributed by atoms with Gasteiger partial charge in [0, 0.05) is 37.6 Å². The van der Waals surface area contributed by atoms with E-state index < -0.39 is 5.60 Å². The molecule has 7 nitrogen and oxygen atoms in total. The first-order valence-electron chi connectivity index (χ1n) is 15.0. The summed E-state index contributed by atoms with van der Waals surface area (Å²) >= 11 is 0. The van der Waals surface area contributed by atoms with Crippen molar-refractivity contribution in [3.05, 3.63) is 35.9 Å². The lowest BCUT2D eigenvalue weighted by molar-refractivity contribution is -0.164. The van der Waals surface area contributed by atoms with Crippen molar-refractivity contribution in [2.75, 3.05) is 46.5 Å². The summed E-state index contributed by atoms with van der Waals surface area (Å²) in [5.41, 5.74) is 0.255. The van der Waals surface area contributed by atoms with E-state index >= 15 is 0 Å². The number of piperidine rings is 1. The molecular formula is C32H50N2O5. The van der Waals surface area contributed by atoms with E-state index in [0.29, 0.717) is 25.7 Å². The van der Waals surface area contributed by atoms with Crippen LogP contribution in [-0.4, -0.2) is 80.0 Å². The second kappa shape index (κ2) is 12.6. The number of amides is 1. The van der Waals surface area contributed by atoms with Crippen LogP contribution in [0.15, 0.2) is 30.3 Å². The Morgan fingerprint density at radius 1 is 1.08 bits per heavy atom. The van der Waals surface area contributed by atoms with E-state index in [1.54, 1.807) is 7.11 Å². The molecule has 7 heteroatoms. The Hall–Kier alpha value is -2.12. The molecule has 0 N–H and O–H groups in total. The number of nitrogens with zero attached hydrogens (tertiary/aromatic N) is 2. The molecule has 39 heavy (non-hydrogen) atoms. The van der Waals surface area contributed by atoms with Crippen molar-refractivity contribution in [1.29, 1.82) is 0 Å². The van der Waals surface area contributed by atoms with Crippen LogP contribution >= 0.6 is 0 Å². The third kappa shape index (κ3) is 7.55. The SMILES string of the molecule is CCCCOC(=O)C1(CN2CCC(COC)(CN(C(=O)OC(C)(C)C)[C@@H]3CC3c3ccccc3)CC2)CCC1. The molecule has 0 radical (unpaired) electrons. The van der Waals surface area contributed by atoms with Gasteiger partial charge < -0.3 is 24.0 Å². The summed E-state index contributed by atoms with van der Waals surface area (Å²) in [6.45, 7) is 12.2. The van der Waals surface area contributed by atoms with Crippen LogP contribution in [0.2, 0.25) is 0 Å². The molecule has 0 bridgehead atoms. The molecule has 1 aromatic rings. The van der Waals surface area contributed by atoms with Gasteiger partial charge in [-0.2, -0.15) is 0 Å². The van der Waals surface area contributed by atoms with Crippen LogP contribution in [0.25, 0.3) is 0 Å². The fraction of sp³-hybridized carbons (Fsp3) is 0.750. The normalized spacial score (nSPS) is 23.9. The third-order valence-corrected chi connectivity index (χ3v) is 8.89. The van der Waals surface area contributed by atoms with Crippen LogP contribution in [0.3, 0.4) is 0 Å². The number of hydrogen-bond donors (Lipinski definition) is 0. The van der Waals surface area contributed by atoms with Crippen molar-refractivity contribution < 1.29 is 23.8 Å². The Morgan fingerprint density at radius 2 is 1.77 bits per heavy atom. The van der Waals surface area contributed by atoms with Crippen molar-refractivity contribution >= 4 is 12.1 Å². The van der Waals surface area contributed by atoms with Gasteiger partial charge >= 0.3 is 12.1 Å². The fourth-order valence-corrected chi connectivity index (χ4v) is 6.34. The number of hydrogen-bond acceptors (Lipinski definition) is 6. The van der Waals surface area contributed by atoms with Crippen molar-refractivity contribution in [3.8, 4) is 0 Å². The summed E-state index contributed by atoms with van der Waals surface area (Å²) in [7, 11) is 1.76. The molecule has 0 spiro atoms. The minimum absolute atomic E-state index is 0.00674. The van der Waals surface area contributed by atoms with Gasteiger partial charge in [0.2, 0.25) is 0 Å². The van der Waals surface area contributed by atoms with Crippen LogP contribution in [0, 0.1) is 10.8 Å². The number of benzene rings is 1. The zero-order valence-corrected chi connectivity index (χ0v) is 24.9. The van der Waals surface area contributed by atoms with Gasteiger partial charge in [-0.25, -0.2) is 4.79 Å². The summed E-state index contributed by atoms with van der Waals surface area (Å²) in [6, 6.07) is 10.6. The zero-order valence-electron chi connectivity index (χ0n) is 24.9. The van der Waals surface area contributed by atoms with E-state index in [0.717, 1.165) is 71.0 Å². The number of rotatable bonds is 12.